The molecule has 3 amide bonds. The Bertz CT molecular complexity index is 2020. The van der Waals surface area contributed by atoms with Crippen molar-refractivity contribution in [1.29, 1.82) is 0 Å². The average molecular weight is 683 g/mol. The minimum absolute atomic E-state index is 0.0114. The Labute approximate surface area is 299 Å². The predicted molar refractivity (Wildman–Crippen MR) is 195 cm³/mol. The first kappa shape index (κ1) is 34.2. The standard InChI is InChI=1S/C35H39B2N11O3/c1-6-26-31-22(16-39-48(31)20-17-47(18-20)35(36,37)27-12-8-11-24(41-27)33(50)38-2)21-9-7-10-23(30(21)46(26)5)40-25-15-28(42-32(49)19-13-14-19)43-44-29(25)34(51)45(3)4/h7-12,15-16,19-20,26H,6,13-14,17-18H2,1-5H3,(H,38,50)(H2,40,42,43,49). The molecule has 0 bridgehead atoms. The number of hydrogen-bond acceptors (Lipinski definition) is 10. The van der Waals surface area contributed by atoms with Gasteiger partial charge < -0.3 is 30.7 Å². The fourth-order valence-corrected chi connectivity index (χ4v) is 6.87. The van der Waals surface area contributed by atoms with Crippen LogP contribution in [-0.2, 0) is 10.1 Å². The van der Waals surface area contributed by atoms with Gasteiger partial charge in [-0.2, -0.15) is 5.10 Å². The van der Waals surface area contributed by atoms with Crippen molar-refractivity contribution in [1.82, 2.24) is 40.1 Å². The largest absolute Gasteiger partial charge is 0.364 e. The van der Waals surface area contributed by atoms with Gasteiger partial charge in [0.1, 0.15) is 5.69 Å². The molecule has 16 heteroatoms. The van der Waals surface area contributed by atoms with Gasteiger partial charge in [-0.25, -0.2) is 4.98 Å². The molecular weight excluding hydrogens is 644 g/mol. The summed E-state index contributed by atoms with van der Waals surface area (Å²) in [6, 6.07) is 12.7. The third-order valence-electron chi connectivity index (χ3n) is 9.90. The first-order valence-corrected chi connectivity index (χ1v) is 17.1. The van der Waals surface area contributed by atoms with E-state index in [-0.39, 0.29) is 52.9 Å². The van der Waals surface area contributed by atoms with Crippen molar-refractivity contribution in [2.24, 2.45) is 5.92 Å². The summed E-state index contributed by atoms with van der Waals surface area (Å²) in [6.45, 7) is 3.22. The molecule has 1 saturated carbocycles. The summed E-state index contributed by atoms with van der Waals surface area (Å²) in [7, 11) is 20.2. The van der Waals surface area contributed by atoms with Gasteiger partial charge in [0.15, 0.2) is 11.5 Å². The lowest BCUT2D eigenvalue weighted by Crippen LogP contribution is -2.60. The van der Waals surface area contributed by atoms with Crippen LogP contribution in [0.2, 0.25) is 0 Å². The Morgan fingerprint density at radius 3 is 2.45 bits per heavy atom. The molecule has 1 aromatic carbocycles. The van der Waals surface area contributed by atoms with Crippen LogP contribution >= 0.6 is 0 Å². The second-order valence-electron chi connectivity index (χ2n) is 13.6. The molecule has 1 atom stereocenters. The molecule has 1 aliphatic carbocycles. The Morgan fingerprint density at radius 2 is 1.76 bits per heavy atom. The van der Waals surface area contributed by atoms with E-state index in [9.17, 15) is 14.4 Å². The van der Waals surface area contributed by atoms with Crippen molar-refractivity contribution in [2.75, 3.05) is 56.8 Å². The summed E-state index contributed by atoms with van der Waals surface area (Å²) in [5.74, 6) is -0.461. The summed E-state index contributed by atoms with van der Waals surface area (Å²) in [5, 5.41) is 20.8. The number of aromatic nitrogens is 5. The summed E-state index contributed by atoms with van der Waals surface area (Å²) < 4.78 is 2.08. The van der Waals surface area contributed by atoms with Crippen LogP contribution in [0.3, 0.4) is 0 Å². The van der Waals surface area contributed by atoms with Crippen molar-refractivity contribution < 1.29 is 14.4 Å². The van der Waals surface area contributed by atoms with Gasteiger partial charge in [-0.3, -0.25) is 19.1 Å². The van der Waals surface area contributed by atoms with E-state index in [1.165, 1.54) is 4.90 Å². The van der Waals surface area contributed by atoms with Gasteiger partial charge in [0.05, 0.1) is 56.7 Å². The first-order valence-electron chi connectivity index (χ1n) is 17.1. The molecule has 258 valence electrons. The number of likely N-dealkylation sites (tertiary alicyclic amines) is 1. The lowest BCUT2D eigenvalue weighted by molar-refractivity contribution is -0.117. The highest BCUT2D eigenvalue weighted by Gasteiger charge is 2.43. The molecule has 1 unspecified atom stereocenters. The van der Waals surface area contributed by atoms with Crippen LogP contribution in [0.4, 0.5) is 22.9 Å². The predicted octanol–water partition coefficient (Wildman–Crippen LogP) is 2.79. The average Bonchev–Trinajstić information content (AvgIpc) is 3.87. The zero-order valence-corrected chi connectivity index (χ0v) is 29.3. The summed E-state index contributed by atoms with van der Waals surface area (Å²) in [5.41, 5.74) is 6.02. The topological polar surface area (TPSA) is 154 Å². The van der Waals surface area contributed by atoms with E-state index in [4.69, 9.17) is 20.8 Å². The molecule has 0 spiro atoms. The van der Waals surface area contributed by atoms with Gasteiger partial charge in [0.2, 0.25) is 5.91 Å². The number of carbonyl (C=O) groups excluding carboxylic acids is 3. The number of anilines is 4. The maximum Gasteiger partial charge on any atom is 0.276 e. The van der Waals surface area contributed by atoms with E-state index < -0.39 is 5.34 Å². The van der Waals surface area contributed by atoms with E-state index in [0.29, 0.717) is 24.5 Å². The summed E-state index contributed by atoms with van der Waals surface area (Å²) in [4.78, 5) is 47.9. The molecule has 3 aromatic heterocycles. The van der Waals surface area contributed by atoms with Gasteiger partial charge in [-0.15, -0.1) is 10.2 Å². The van der Waals surface area contributed by atoms with Crippen LogP contribution in [0.25, 0.3) is 11.1 Å². The number of pyridine rings is 1. The smallest absolute Gasteiger partial charge is 0.276 e. The molecule has 3 N–H and O–H groups in total. The molecular formula is C35H39B2N11O3. The maximum absolute atomic E-state index is 13.2. The minimum Gasteiger partial charge on any atom is -0.364 e. The van der Waals surface area contributed by atoms with Crippen molar-refractivity contribution in [3.63, 3.8) is 0 Å². The molecule has 5 heterocycles. The highest BCUT2D eigenvalue weighted by molar-refractivity contribution is 6.39. The monoisotopic (exact) mass is 683 g/mol. The number of benzene rings is 1. The van der Waals surface area contributed by atoms with Crippen LogP contribution in [0.1, 0.15) is 70.6 Å². The number of fused-ring (bicyclic) bond motifs is 3. The SMILES string of the molecule is [B]C([B])(c1cccc(C(=O)NC)n1)N1CC(n2ncc3c2C(CC)N(C)c2c(Nc4cc(NC(=O)C5CC5)nnc4C(=O)N(C)C)cccc2-3)C1. The Morgan fingerprint density at radius 1 is 1.02 bits per heavy atom. The lowest BCUT2D eigenvalue weighted by atomic mass is 9.57. The quantitative estimate of drug-likeness (QED) is 0.213. The molecule has 3 aliphatic rings. The number of nitrogens with one attached hydrogen (secondary N) is 3. The van der Waals surface area contributed by atoms with Crippen LogP contribution in [-0.4, -0.2) is 109 Å². The van der Waals surface area contributed by atoms with Crippen LogP contribution < -0.4 is 20.9 Å². The molecule has 4 radical (unpaired) electrons. The molecule has 1 saturated heterocycles. The van der Waals surface area contributed by atoms with Crippen molar-refractivity contribution in [3.8, 4) is 11.1 Å². The normalized spacial score (nSPS) is 17.2. The van der Waals surface area contributed by atoms with Gasteiger partial charge in [0, 0.05) is 70.1 Å². The highest BCUT2D eigenvalue weighted by atomic mass is 16.2. The zero-order chi connectivity index (χ0) is 36.2. The number of rotatable bonds is 10. The third-order valence-corrected chi connectivity index (χ3v) is 9.90. The van der Waals surface area contributed by atoms with Crippen LogP contribution in [0.15, 0.2) is 48.7 Å². The molecule has 2 fully saturated rings. The van der Waals surface area contributed by atoms with Gasteiger partial charge in [-0.05, 0) is 42.8 Å². The molecule has 7 rings (SSSR count). The maximum atomic E-state index is 13.2. The fourth-order valence-electron chi connectivity index (χ4n) is 6.87. The summed E-state index contributed by atoms with van der Waals surface area (Å²) in [6.07, 6.45) is 4.41. The van der Waals surface area contributed by atoms with E-state index in [1.807, 2.05) is 23.2 Å². The number of para-hydroxylation sites is 1. The number of nitrogens with zero attached hydrogens (tertiary/aromatic N) is 8. The van der Waals surface area contributed by atoms with Crippen molar-refractivity contribution in [2.45, 2.75) is 43.6 Å². The van der Waals surface area contributed by atoms with Gasteiger partial charge in [0.25, 0.3) is 11.8 Å². The van der Waals surface area contributed by atoms with Crippen molar-refractivity contribution >= 4 is 56.3 Å². The number of carbonyl (C=O) groups is 3. The molecule has 2 aliphatic heterocycles. The van der Waals surface area contributed by atoms with Gasteiger partial charge in [-0.1, -0.05) is 25.1 Å². The third kappa shape index (κ3) is 6.11. The summed E-state index contributed by atoms with van der Waals surface area (Å²) >= 11 is 0. The van der Waals surface area contributed by atoms with Gasteiger partial charge >= 0.3 is 0 Å². The fraction of sp³-hybridized carbons (Fsp3) is 0.400. The molecule has 14 nitrogen and oxygen atoms in total. The zero-order valence-electron chi connectivity index (χ0n) is 29.3. The molecule has 4 aromatic rings. The Hall–Kier alpha value is -5.24. The van der Waals surface area contributed by atoms with Crippen molar-refractivity contribution in [3.05, 3.63) is 71.4 Å². The number of amides is 3. The van der Waals surface area contributed by atoms with Crippen LogP contribution in [0, 0.1) is 5.92 Å². The van der Waals surface area contributed by atoms with E-state index in [0.717, 1.165) is 47.5 Å². The Kier molecular flexibility index (Phi) is 8.82. The van der Waals surface area contributed by atoms with Crippen LogP contribution in [0.5, 0.6) is 0 Å². The Balaban J connectivity index is 1.18. The van der Waals surface area contributed by atoms with E-state index >= 15 is 0 Å². The first-order chi connectivity index (χ1) is 24.4. The van der Waals surface area contributed by atoms with E-state index in [2.05, 4.69) is 60.8 Å². The minimum atomic E-state index is -1.38. The highest BCUT2D eigenvalue weighted by Crippen LogP contribution is 2.50. The second-order valence-corrected chi connectivity index (χ2v) is 13.6. The second kappa shape index (κ2) is 13.1. The number of hydrogen-bond donors (Lipinski definition) is 3. The lowest BCUT2D eigenvalue weighted by Gasteiger charge is -2.50. The van der Waals surface area contributed by atoms with E-state index in [1.54, 1.807) is 45.4 Å². The molecule has 51 heavy (non-hydrogen) atoms.